The van der Waals surface area contributed by atoms with Crippen LogP contribution in [0.15, 0.2) is 32.9 Å². The number of H-pyrrole nitrogens is 1. The molecule has 2 aliphatic heterocycles. The van der Waals surface area contributed by atoms with Crippen molar-refractivity contribution < 1.29 is 19.4 Å². The van der Waals surface area contributed by atoms with Crippen LogP contribution in [-0.2, 0) is 4.79 Å². The maximum Gasteiger partial charge on any atom is 0.331 e. The molecule has 5 rings (SSSR count). The Labute approximate surface area is 183 Å². The molecule has 3 heterocycles. The van der Waals surface area contributed by atoms with Gasteiger partial charge in [-0.2, -0.15) is 5.10 Å². The molecule has 1 aromatic heterocycles. The van der Waals surface area contributed by atoms with Gasteiger partial charge in [0.25, 0.3) is 5.56 Å². The van der Waals surface area contributed by atoms with Crippen molar-refractivity contribution in [2.75, 3.05) is 6.79 Å². The van der Waals surface area contributed by atoms with Gasteiger partial charge >= 0.3 is 5.69 Å². The van der Waals surface area contributed by atoms with E-state index >= 15 is 0 Å². The zero-order chi connectivity index (χ0) is 22.4. The Hall–Kier alpha value is -3.56. The predicted octanol–water partition coefficient (Wildman–Crippen LogP) is 2.17. The van der Waals surface area contributed by atoms with Crippen LogP contribution in [-0.4, -0.2) is 38.1 Å². The fourth-order valence-corrected chi connectivity index (χ4v) is 4.81. The number of rotatable bonds is 3. The minimum atomic E-state index is -0.715. The van der Waals surface area contributed by atoms with Crippen LogP contribution in [0, 0.1) is 0 Å². The van der Waals surface area contributed by atoms with E-state index in [2.05, 4.69) is 10.1 Å². The topological polar surface area (TPSA) is 126 Å². The van der Waals surface area contributed by atoms with Gasteiger partial charge in [0.1, 0.15) is 5.56 Å². The molecule has 1 fully saturated rings. The number of hydrogen-bond acceptors (Lipinski definition) is 7. The molecule has 1 aromatic carbocycles. The van der Waals surface area contributed by atoms with E-state index in [0.717, 1.165) is 37.7 Å². The van der Waals surface area contributed by atoms with E-state index in [9.17, 15) is 19.5 Å². The lowest BCUT2D eigenvalue weighted by Gasteiger charge is -2.25. The minimum Gasteiger partial charge on any atom is -0.494 e. The van der Waals surface area contributed by atoms with Crippen molar-refractivity contribution in [3.8, 4) is 17.4 Å². The first-order chi connectivity index (χ1) is 15.4. The van der Waals surface area contributed by atoms with Crippen LogP contribution in [0.4, 0.5) is 0 Å². The van der Waals surface area contributed by atoms with Gasteiger partial charge in [0.05, 0.1) is 11.8 Å². The van der Waals surface area contributed by atoms with Crippen LogP contribution in [0.5, 0.6) is 17.4 Å². The number of nitrogens with one attached hydrogen (secondary N) is 1. The van der Waals surface area contributed by atoms with Crippen LogP contribution >= 0.6 is 0 Å². The summed E-state index contributed by atoms with van der Waals surface area (Å²) >= 11 is 0. The van der Waals surface area contributed by atoms with Crippen LogP contribution < -0.4 is 20.7 Å². The summed E-state index contributed by atoms with van der Waals surface area (Å²) in [6.07, 6.45) is 4.71. The standard InChI is InChI=1S/C22H24N4O6/c1-12(27)26-16(13-7-8-17-18(9-13)32-11-31-17)10-15(24-26)19-20(28)23-22(30)25(21(19)29)14-5-3-2-4-6-14/h7-9,14,16,29H,2-6,10-11H2,1H3,(H,23,28,30)/t16-/m0/s1. The zero-order valence-corrected chi connectivity index (χ0v) is 17.7. The number of carbonyl (C=O) groups is 1. The first kappa shape index (κ1) is 20.3. The summed E-state index contributed by atoms with van der Waals surface area (Å²) in [5.41, 5.74) is -0.388. The Morgan fingerprint density at radius 3 is 2.66 bits per heavy atom. The first-order valence-electron chi connectivity index (χ1n) is 10.8. The highest BCUT2D eigenvalue weighted by molar-refractivity contribution is 6.04. The molecule has 1 aliphatic carbocycles. The van der Waals surface area contributed by atoms with Gasteiger partial charge in [0, 0.05) is 19.4 Å². The third-order valence-corrected chi connectivity index (χ3v) is 6.36. The highest BCUT2D eigenvalue weighted by atomic mass is 16.7. The Morgan fingerprint density at radius 1 is 1.16 bits per heavy atom. The number of aromatic hydroxyl groups is 1. The maximum atomic E-state index is 12.7. The lowest BCUT2D eigenvalue weighted by molar-refractivity contribution is -0.130. The second kappa shape index (κ2) is 7.85. The van der Waals surface area contributed by atoms with Crippen molar-refractivity contribution in [2.45, 2.75) is 57.5 Å². The number of aromatic nitrogens is 2. The van der Waals surface area contributed by atoms with E-state index in [4.69, 9.17) is 9.47 Å². The van der Waals surface area contributed by atoms with Gasteiger partial charge in [-0.25, -0.2) is 9.80 Å². The zero-order valence-electron chi connectivity index (χ0n) is 17.7. The SMILES string of the molecule is CC(=O)N1N=C(c2c(O)n(C3CCCCC3)c(=O)[nH]c2=O)C[C@H]1c1ccc2c(c1)OCO2. The molecule has 0 spiro atoms. The molecule has 0 unspecified atom stereocenters. The fourth-order valence-electron chi connectivity index (χ4n) is 4.81. The Bertz CT molecular complexity index is 1220. The molecular weight excluding hydrogens is 416 g/mol. The summed E-state index contributed by atoms with van der Waals surface area (Å²) in [5.74, 6) is 0.500. The average molecular weight is 440 g/mol. The van der Waals surface area contributed by atoms with Gasteiger partial charge in [0.2, 0.25) is 18.6 Å². The highest BCUT2D eigenvalue weighted by Gasteiger charge is 2.36. The van der Waals surface area contributed by atoms with Crippen molar-refractivity contribution in [3.05, 3.63) is 50.2 Å². The summed E-state index contributed by atoms with van der Waals surface area (Å²) in [4.78, 5) is 39.9. The number of nitrogens with zero attached hydrogens (tertiary/aromatic N) is 3. The van der Waals surface area contributed by atoms with Crippen molar-refractivity contribution in [3.63, 3.8) is 0 Å². The van der Waals surface area contributed by atoms with Gasteiger partial charge in [-0.3, -0.25) is 19.1 Å². The van der Waals surface area contributed by atoms with Crippen LogP contribution in [0.3, 0.4) is 0 Å². The number of fused-ring (bicyclic) bond motifs is 1. The smallest absolute Gasteiger partial charge is 0.331 e. The van der Waals surface area contributed by atoms with E-state index in [1.54, 1.807) is 12.1 Å². The number of benzene rings is 1. The summed E-state index contributed by atoms with van der Waals surface area (Å²) in [6.45, 7) is 1.52. The summed E-state index contributed by atoms with van der Waals surface area (Å²) in [5, 5.41) is 16.7. The molecule has 0 radical (unpaired) electrons. The number of hydrogen-bond donors (Lipinski definition) is 2. The number of amides is 1. The summed E-state index contributed by atoms with van der Waals surface area (Å²) in [6, 6.07) is 4.71. The highest BCUT2D eigenvalue weighted by Crippen LogP contribution is 2.40. The Balaban J connectivity index is 1.55. The normalized spacial score (nSPS) is 20.5. The predicted molar refractivity (Wildman–Crippen MR) is 114 cm³/mol. The quantitative estimate of drug-likeness (QED) is 0.753. The van der Waals surface area contributed by atoms with Gasteiger partial charge in [0.15, 0.2) is 11.5 Å². The lowest BCUT2D eigenvalue weighted by Crippen LogP contribution is -2.36. The van der Waals surface area contributed by atoms with Gasteiger partial charge in [-0.15, -0.1) is 0 Å². The lowest BCUT2D eigenvalue weighted by atomic mass is 9.95. The second-order valence-electron chi connectivity index (χ2n) is 8.36. The van der Waals surface area contributed by atoms with E-state index < -0.39 is 17.3 Å². The van der Waals surface area contributed by atoms with E-state index in [-0.39, 0.29) is 42.3 Å². The second-order valence-corrected chi connectivity index (χ2v) is 8.36. The molecular formula is C22H24N4O6. The molecule has 0 bridgehead atoms. The number of carbonyl (C=O) groups excluding carboxylic acids is 1. The van der Waals surface area contributed by atoms with Crippen molar-refractivity contribution in [1.82, 2.24) is 14.6 Å². The average Bonchev–Trinajstić information content (AvgIpc) is 3.41. The van der Waals surface area contributed by atoms with E-state index in [1.807, 2.05) is 6.07 Å². The molecule has 1 saturated carbocycles. The largest absolute Gasteiger partial charge is 0.494 e. The van der Waals surface area contributed by atoms with Crippen LogP contribution in [0.2, 0.25) is 0 Å². The van der Waals surface area contributed by atoms with E-state index in [1.165, 1.54) is 16.5 Å². The summed E-state index contributed by atoms with van der Waals surface area (Å²) in [7, 11) is 0. The fraction of sp³-hybridized carbons (Fsp3) is 0.455. The first-order valence-corrected chi connectivity index (χ1v) is 10.8. The summed E-state index contributed by atoms with van der Waals surface area (Å²) < 4.78 is 12.1. The minimum absolute atomic E-state index is 0.0651. The van der Waals surface area contributed by atoms with Crippen molar-refractivity contribution in [2.24, 2.45) is 5.10 Å². The molecule has 32 heavy (non-hydrogen) atoms. The molecule has 2 aromatic rings. The van der Waals surface area contributed by atoms with Gasteiger partial charge < -0.3 is 14.6 Å². The van der Waals surface area contributed by atoms with Crippen LogP contribution in [0.1, 0.15) is 68.7 Å². The molecule has 168 valence electrons. The molecule has 10 heteroatoms. The van der Waals surface area contributed by atoms with Gasteiger partial charge in [-0.1, -0.05) is 25.3 Å². The molecule has 1 amide bonds. The molecule has 3 aliphatic rings. The van der Waals surface area contributed by atoms with Crippen molar-refractivity contribution in [1.29, 1.82) is 0 Å². The monoisotopic (exact) mass is 440 g/mol. The third kappa shape index (κ3) is 3.35. The maximum absolute atomic E-state index is 12.7. The Morgan fingerprint density at radius 2 is 1.91 bits per heavy atom. The van der Waals surface area contributed by atoms with Crippen molar-refractivity contribution >= 4 is 11.6 Å². The van der Waals surface area contributed by atoms with E-state index in [0.29, 0.717) is 11.5 Å². The molecule has 10 nitrogen and oxygen atoms in total. The number of ether oxygens (including phenoxy) is 2. The molecule has 0 saturated heterocycles. The number of hydrazone groups is 1. The van der Waals surface area contributed by atoms with Gasteiger partial charge in [-0.05, 0) is 30.5 Å². The molecule has 2 N–H and O–H groups in total. The number of aromatic amines is 1. The Kier molecular flexibility index (Phi) is 4.99. The molecule has 1 atom stereocenters. The van der Waals surface area contributed by atoms with Crippen LogP contribution in [0.25, 0.3) is 0 Å². The third-order valence-electron chi connectivity index (χ3n) is 6.36.